The van der Waals surface area contributed by atoms with Crippen molar-refractivity contribution in [3.05, 3.63) is 162 Å². The Balaban J connectivity index is 1.14. The highest BCUT2D eigenvalue weighted by molar-refractivity contribution is 6.12. The highest BCUT2D eigenvalue weighted by atomic mass is 15.1. The highest BCUT2D eigenvalue weighted by Gasteiger charge is 2.24. The molecule has 230 valence electrons. The number of benzene rings is 6. The molecule has 3 aromatic heterocycles. The van der Waals surface area contributed by atoms with Crippen LogP contribution < -0.4 is 0 Å². The standard InChI is InChI=1S/C45H30N4/c1-48-44-24-32-20-28-10-3-5-14-35(28)38(32)26-41(44)47-45(48)30-16-17-36-39-25-37-31(19-27-9-2-4-13-34(27)37)23-43(39)49(42(36)22-30)33-12-8-11-29(21-33)40-15-6-7-18-46-40/h2-18,21-26H,19-20H2,1H3. The summed E-state index contributed by atoms with van der Waals surface area (Å²) in [5.74, 6) is 0.976. The zero-order chi connectivity index (χ0) is 32.2. The summed E-state index contributed by atoms with van der Waals surface area (Å²) in [4.78, 5) is 9.94. The van der Waals surface area contributed by atoms with Crippen LogP contribution in [0.3, 0.4) is 0 Å². The molecular weight excluding hydrogens is 597 g/mol. The SMILES string of the molecule is Cn1c(-c2ccc3c4cc5c(cc4n(-c4cccc(-c6ccccn6)c4)c3c2)Cc2ccccc2-5)nc2cc3c(cc21)Cc1ccccc1-3. The monoisotopic (exact) mass is 626 g/mol. The summed E-state index contributed by atoms with van der Waals surface area (Å²) in [6.07, 6.45) is 3.79. The van der Waals surface area contributed by atoms with Crippen molar-refractivity contribution in [3.8, 4) is 50.6 Å². The largest absolute Gasteiger partial charge is 0.327 e. The molecule has 0 atom stereocenters. The van der Waals surface area contributed by atoms with E-state index in [9.17, 15) is 0 Å². The zero-order valence-electron chi connectivity index (χ0n) is 27.0. The van der Waals surface area contributed by atoms with Gasteiger partial charge in [-0.25, -0.2) is 4.98 Å². The van der Waals surface area contributed by atoms with Gasteiger partial charge < -0.3 is 9.13 Å². The predicted octanol–water partition coefficient (Wildman–Crippen LogP) is 10.5. The lowest BCUT2D eigenvalue weighted by molar-refractivity contribution is 0.958. The average molecular weight is 627 g/mol. The van der Waals surface area contributed by atoms with Gasteiger partial charge >= 0.3 is 0 Å². The summed E-state index contributed by atoms with van der Waals surface area (Å²) in [5.41, 5.74) is 19.8. The van der Waals surface area contributed by atoms with Gasteiger partial charge in [0.2, 0.25) is 0 Å². The minimum atomic E-state index is 0.955. The number of aryl methyl sites for hydroxylation is 1. The van der Waals surface area contributed by atoms with Crippen LogP contribution in [0.4, 0.5) is 0 Å². The number of imidazole rings is 1. The van der Waals surface area contributed by atoms with Crippen LogP contribution in [0, 0.1) is 0 Å². The highest BCUT2D eigenvalue weighted by Crippen LogP contribution is 2.44. The number of nitrogens with zero attached hydrogens (tertiary/aromatic N) is 4. The van der Waals surface area contributed by atoms with Crippen LogP contribution in [0.25, 0.3) is 83.4 Å². The van der Waals surface area contributed by atoms with Crippen molar-refractivity contribution < 1.29 is 0 Å². The lowest BCUT2D eigenvalue weighted by Crippen LogP contribution is -1.97. The van der Waals surface area contributed by atoms with Gasteiger partial charge in [0, 0.05) is 40.8 Å². The van der Waals surface area contributed by atoms with E-state index in [-0.39, 0.29) is 0 Å². The number of rotatable bonds is 3. The molecule has 11 rings (SSSR count). The Morgan fingerprint density at radius 3 is 2.00 bits per heavy atom. The molecule has 2 aliphatic rings. The van der Waals surface area contributed by atoms with Crippen molar-refractivity contribution in [2.75, 3.05) is 0 Å². The molecule has 0 radical (unpaired) electrons. The second-order valence-electron chi connectivity index (χ2n) is 13.5. The van der Waals surface area contributed by atoms with Gasteiger partial charge in [0.1, 0.15) is 5.82 Å². The summed E-state index contributed by atoms with van der Waals surface area (Å²) in [5, 5.41) is 2.50. The molecule has 0 bridgehead atoms. The fourth-order valence-corrected chi connectivity index (χ4v) is 8.48. The summed E-state index contributed by atoms with van der Waals surface area (Å²) >= 11 is 0. The van der Waals surface area contributed by atoms with Crippen LogP contribution in [0.2, 0.25) is 0 Å². The Hall–Kier alpha value is -6.26. The van der Waals surface area contributed by atoms with Gasteiger partial charge in [-0.05, 0) is 112 Å². The Morgan fingerprint density at radius 2 is 1.22 bits per heavy atom. The first-order valence-electron chi connectivity index (χ1n) is 17.0. The predicted molar refractivity (Wildman–Crippen MR) is 200 cm³/mol. The third kappa shape index (κ3) is 3.86. The Bertz CT molecular complexity index is 2840. The smallest absolute Gasteiger partial charge is 0.140 e. The maximum atomic E-state index is 5.27. The molecule has 0 saturated carbocycles. The Labute approximate surface area is 283 Å². The topological polar surface area (TPSA) is 35.6 Å². The molecule has 49 heavy (non-hydrogen) atoms. The first kappa shape index (κ1) is 26.8. The molecule has 3 heterocycles. The molecule has 0 unspecified atom stereocenters. The number of pyridine rings is 1. The van der Waals surface area contributed by atoms with E-state index in [1.807, 2.05) is 18.3 Å². The van der Waals surface area contributed by atoms with Gasteiger partial charge in [-0.3, -0.25) is 4.98 Å². The Kier molecular flexibility index (Phi) is 5.40. The van der Waals surface area contributed by atoms with E-state index in [0.29, 0.717) is 0 Å². The second kappa shape index (κ2) is 9.88. The van der Waals surface area contributed by atoms with E-state index < -0.39 is 0 Å². The molecule has 0 amide bonds. The molecule has 0 N–H and O–H groups in total. The van der Waals surface area contributed by atoms with Gasteiger partial charge in [-0.15, -0.1) is 0 Å². The summed E-state index contributed by atoms with van der Waals surface area (Å²) in [7, 11) is 2.15. The normalized spacial score (nSPS) is 12.8. The van der Waals surface area contributed by atoms with Gasteiger partial charge in [0.05, 0.1) is 27.8 Å². The van der Waals surface area contributed by atoms with Crippen molar-refractivity contribution >= 4 is 32.8 Å². The van der Waals surface area contributed by atoms with Crippen LogP contribution in [0.15, 0.2) is 140 Å². The molecule has 4 heteroatoms. The maximum Gasteiger partial charge on any atom is 0.140 e. The van der Waals surface area contributed by atoms with E-state index in [1.54, 1.807) is 0 Å². The van der Waals surface area contributed by atoms with Gasteiger partial charge in [0.25, 0.3) is 0 Å². The molecule has 0 saturated heterocycles. The van der Waals surface area contributed by atoms with E-state index in [4.69, 9.17) is 4.98 Å². The van der Waals surface area contributed by atoms with E-state index in [2.05, 4.69) is 142 Å². The van der Waals surface area contributed by atoms with Crippen molar-refractivity contribution in [1.29, 1.82) is 0 Å². The number of fused-ring (bicyclic) bond motifs is 10. The molecule has 4 nitrogen and oxygen atoms in total. The van der Waals surface area contributed by atoms with Crippen LogP contribution in [0.1, 0.15) is 22.3 Å². The third-order valence-electron chi connectivity index (χ3n) is 10.8. The average Bonchev–Trinajstić information content (AvgIpc) is 3.88. The van der Waals surface area contributed by atoms with Crippen LogP contribution in [0.5, 0.6) is 0 Å². The van der Waals surface area contributed by atoms with Crippen molar-refractivity contribution in [1.82, 2.24) is 19.1 Å². The first-order chi connectivity index (χ1) is 24.2. The number of hydrogen-bond acceptors (Lipinski definition) is 2. The molecule has 2 aliphatic carbocycles. The van der Waals surface area contributed by atoms with Gasteiger partial charge in [-0.2, -0.15) is 0 Å². The second-order valence-corrected chi connectivity index (χ2v) is 13.5. The van der Waals surface area contributed by atoms with Crippen LogP contribution >= 0.6 is 0 Å². The molecule has 0 spiro atoms. The molecule has 6 aromatic carbocycles. The van der Waals surface area contributed by atoms with Gasteiger partial charge in [0.15, 0.2) is 0 Å². The summed E-state index contributed by atoms with van der Waals surface area (Å²) in [6, 6.07) is 48.8. The van der Waals surface area contributed by atoms with E-state index in [0.717, 1.165) is 46.7 Å². The molecule has 9 aromatic rings. The number of aromatic nitrogens is 4. The fraction of sp³-hybridized carbons (Fsp3) is 0.0667. The molecule has 0 fully saturated rings. The summed E-state index contributed by atoms with van der Waals surface area (Å²) < 4.78 is 4.71. The molecular formula is C45H30N4. The van der Waals surface area contributed by atoms with Crippen molar-refractivity contribution in [3.63, 3.8) is 0 Å². The van der Waals surface area contributed by atoms with Crippen LogP contribution in [-0.4, -0.2) is 19.1 Å². The summed E-state index contributed by atoms with van der Waals surface area (Å²) in [6.45, 7) is 0. The minimum Gasteiger partial charge on any atom is -0.327 e. The van der Waals surface area contributed by atoms with Crippen LogP contribution in [-0.2, 0) is 19.9 Å². The van der Waals surface area contributed by atoms with Crippen molar-refractivity contribution in [2.45, 2.75) is 12.8 Å². The third-order valence-corrected chi connectivity index (χ3v) is 10.8. The Morgan fingerprint density at radius 1 is 0.510 bits per heavy atom. The number of hydrogen-bond donors (Lipinski definition) is 0. The van der Waals surface area contributed by atoms with Crippen molar-refractivity contribution in [2.24, 2.45) is 7.05 Å². The zero-order valence-corrected chi connectivity index (χ0v) is 27.0. The maximum absolute atomic E-state index is 5.27. The first-order valence-corrected chi connectivity index (χ1v) is 17.0. The van der Waals surface area contributed by atoms with Gasteiger partial charge in [-0.1, -0.05) is 78.9 Å². The fourth-order valence-electron chi connectivity index (χ4n) is 8.48. The lowest BCUT2D eigenvalue weighted by atomic mass is 10.0. The molecule has 0 aliphatic heterocycles. The quantitative estimate of drug-likeness (QED) is 0.196. The lowest BCUT2D eigenvalue weighted by Gasteiger charge is -2.11. The minimum absolute atomic E-state index is 0.955. The van der Waals surface area contributed by atoms with E-state index in [1.165, 1.54) is 71.8 Å². The van der Waals surface area contributed by atoms with E-state index >= 15 is 0 Å².